The first-order valence-corrected chi connectivity index (χ1v) is 24.4. The van der Waals surface area contributed by atoms with Crippen molar-refractivity contribution in [3.05, 3.63) is 123 Å². The van der Waals surface area contributed by atoms with E-state index in [1.165, 1.54) is 17.1 Å². The zero-order chi connectivity index (χ0) is 54.2. The van der Waals surface area contributed by atoms with E-state index in [1.54, 1.807) is 67.4 Å². The van der Waals surface area contributed by atoms with Crippen molar-refractivity contribution in [2.24, 2.45) is 71.4 Å². The summed E-state index contributed by atoms with van der Waals surface area (Å²) in [7, 11) is 5.24. The van der Waals surface area contributed by atoms with Gasteiger partial charge in [0.05, 0.1) is 55.0 Å². The molecule has 3 aliphatic heterocycles. The molecule has 6 heterocycles. The molecule has 3 aliphatic carbocycles. The van der Waals surface area contributed by atoms with E-state index in [0.29, 0.717) is 48.9 Å². The Balaban J connectivity index is 0.000000167. The zero-order valence-corrected chi connectivity index (χ0v) is 44.1. The van der Waals surface area contributed by atoms with Crippen LogP contribution in [0.15, 0.2) is 72.5 Å². The molecule has 3 aromatic rings. The molecule has 0 spiro atoms. The van der Waals surface area contributed by atoms with Crippen molar-refractivity contribution in [3.8, 4) is 0 Å². The first kappa shape index (κ1) is 55.0. The third-order valence-corrected chi connectivity index (χ3v) is 16.2. The summed E-state index contributed by atoms with van der Waals surface area (Å²) < 4.78 is 4.67. The number of carbonyl (C=O) groups excluding carboxylic acids is 5. The van der Waals surface area contributed by atoms with Gasteiger partial charge in [-0.3, -0.25) is 23.6 Å². The number of hydrogen-bond acceptors (Lipinski definition) is 10. The minimum Gasteiger partial charge on any atom is -0.478 e. The molecular weight excluding hydrogens is 929 g/mol. The molecule has 3 fully saturated rings. The predicted molar refractivity (Wildman–Crippen MR) is 270 cm³/mol. The van der Waals surface area contributed by atoms with Crippen molar-refractivity contribution in [3.63, 3.8) is 0 Å². The van der Waals surface area contributed by atoms with Gasteiger partial charge in [0.2, 0.25) is 17.1 Å². The van der Waals surface area contributed by atoms with Crippen molar-refractivity contribution in [1.82, 2.24) is 44.5 Å². The SMILES string of the molecule is Cn1cc(C(=O)O)cn1.[C-]#[N+]C1=C[C@@]2(C)CN(C(=O)c3cnn(C)c3)CC[C@@H]2C(C)(C)C1=O.[C-]#[N+]C1=C[C@]2(C)CN(C(=O)c3cnn(C)c3)CC[C@H]2C(C)(C)C1=O.[C-]#[N+]C1=C[C@]2(C)CNCC[C@H]2C(C)(C)C1=O. The fourth-order valence-electron chi connectivity index (χ4n) is 12.6. The number of ketones is 3. The summed E-state index contributed by atoms with van der Waals surface area (Å²) in [6, 6.07) is 0. The molecule has 386 valence electrons. The molecule has 0 unspecified atom stereocenters. The van der Waals surface area contributed by atoms with Crippen LogP contribution >= 0.6 is 0 Å². The number of carbonyl (C=O) groups is 6. The van der Waals surface area contributed by atoms with Gasteiger partial charge < -0.3 is 34.6 Å². The van der Waals surface area contributed by atoms with Crippen molar-refractivity contribution >= 4 is 35.1 Å². The number of nitrogens with zero attached hydrogens (tertiary/aromatic N) is 11. The summed E-state index contributed by atoms with van der Waals surface area (Å²) in [5, 5.41) is 23.5. The van der Waals surface area contributed by atoms with Gasteiger partial charge in [0.25, 0.3) is 11.8 Å². The van der Waals surface area contributed by atoms with Crippen molar-refractivity contribution < 1.29 is 33.9 Å². The van der Waals surface area contributed by atoms with Crippen LogP contribution in [-0.2, 0) is 35.5 Å². The second-order valence-corrected chi connectivity index (χ2v) is 22.8. The lowest BCUT2D eigenvalue weighted by atomic mass is 9.55. The number of carboxylic acid groups (broad SMARTS) is 1. The lowest BCUT2D eigenvalue weighted by Crippen LogP contribution is -2.56. The summed E-state index contributed by atoms with van der Waals surface area (Å²) in [5.41, 5.74) is -0.240. The minimum atomic E-state index is -0.942. The van der Waals surface area contributed by atoms with E-state index in [0.717, 1.165) is 32.4 Å². The number of likely N-dealkylation sites (tertiary alicyclic amines) is 2. The molecule has 2 N–H and O–H groups in total. The van der Waals surface area contributed by atoms with E-state index >= 15 is 0 Å². The molecule has 0 saturated carbocycles. The number of aromatic nitrogens is 6. The normalized spacial score (nSPS) is 28.3. The number of nitrogens with one attached hydrogen (secondary N) is 1. The van der Waals surface area contributed by atoms with Crippen LogP contribution in [-0.4, -0.2) is 119 Å². The number of Topliss-reactive ketones (excluding diaryl/α,β-unsaturated/α-hetero) is 3. The Morgan fingerprint density at radius 3 is 1.19 bits per heavy atom. The Bertz CT molecular complexity index is 2810. The van der Waals surface area contributed by atoms with Gasteiger partial charge >= 0.3 is 5.97 Å². The van der Waals surface area contributed by atoms with E-state index in [2.05, 4.69) is 55.9 Å². The molecular formula is C54H68N12O7. The number of allylic oxidation sites excluding steroid dienone is 3. The number of fused-ring (bicyclic) bond motifs is 3. The van der Waals surface area contributed by atoms with E-state index in [4.69, 9.17) is 24.8 Å². The molecule has 0 radical (unpaired) electrons. The first-order chi connectivity index (χ1) is 34.0. The van der Waals surface area contributed by atoms with E-state index < -0.39 is 22.2 Å². The van der Waals surface area contributed by atoms with Gasteiger partial charge in [-0.25, -0.2) is 19.3 Å². The van der Waals surface area contributed by atoms with Crippen LogP contribution in [0.1, 0.15) is 113 Å². The first-order valence-electron chi connectivity index (χ1n) is 24.4. The van der Waals surface area contributed by atoms with Crippen LogP contribution < -0.4 is 5.32 Å². The molecule has 6 aliphatic rings. The lowest BCUT2D eigenvalue weighted by molar-refractivity contribution is -0.132. The monoisotopic (exact) mass is 997 g/mol. The highest BCUT2D eigenvalue weighted by atomic mass is 16.4. The summed E-state index contributed by atoms with van der Waals surface area (Å²) in [4.78, 5) is 86.8. The van der Waals surface area contributed by atoms with Crippen LogP contribution in [0.5, 0.6) is 0 Å². The largest absolute Gasteiger partial charge is 0.478 e. The highest BCUT2D eigenvalue weighted by Crippen LogP contribution is 2.54. The van der Waals surface area contributed by atoms with Gasteiger partial charge in [-0.2, -0.15) is 15.3 Å². The van der Waals surface area contributed by atoms with Gasteiger partial charge in [0, 0.05) is 88.7 Å². The maximum Gasteiger partial charge on any atom is 0.338 e. The molecule has 2 amide bonds. The second-order valence-electron chi connectivity index (χ2n) is 22.8. The predicted octanol–water partition coefficient (Wildman–Crippen LogP) is 6.73. The average Bonchev–Trinajstić information content (AvgIpc) is 4.11. The Labute approximate surface area is 427 Å². The number of rotatable bonds is 3. The Kier molecular flexibility index (Phi) is 15.3. The molecule has 19 nitrogen and oxygen atoms in total. The maximum absolute atomic E-state index is 12.7. The van der Waals surface area contributed by atoms with Gasteiger partial charge in [-0.15, -0.1) is 0 Å². The third-order valence-electron chi connectivity index (χ3n) is 16.2. The zero-order valence-electron chi connectivity index (χ0n) is 44.1. The van der Waals surface area contributed by atoms with E-state index in [1.807, 2.05) is 57.4 Å². The third kappa shape index (κ3) is 10.6. The number of hydrogen-bond donors (Lipinski definition) is 2. The molecule has 73 heavy (non-hydrogen) atoms. The van der Waals surface area contributed by atoms with Crippen molar-refractivity contribution in [1.29, 1.82) is 0 Å². The highest BCUT2D eigenvalue weighted by molar-refractivity contribution is 6.04. The average molecular weight is 997 g/mol. The topological polar surface area (TPSA) is 208 Å². The van der Waals surface area contributed by atoms with Crippen LogP contribution in [0.25, 0.3) is 14.5 Å². The fraction of sp³-hybridized carbons (Fsp3) is 0.556. The lowest BCUT2D eigenvalue weighted by Gasteiger charge is -2.53. The van der Waals surface area contributed by atoms with Crippen molar-refractivity contribution in [2.75, 3.05) is 39.3 Å². The number of carboxylic acids is 1. The molecule has 9 rings (SSSR count). The fourth-order valence-corrected chi connectivity index (χ4v) is 12.6. The van der Waals surface area contributed by atoms with Gasteiger partial charge in [-0.05, 0) is 59.8 Å². The summed E-state index contributed by atoms with van der Waals surface area (Å²) >= 11 is 0. The molecule has 19 heteroatoms. The maximum atomic E-state index is 12.7. The summed E-state index contributed by atoms with van der Waals surface area (Å²) in [6.45, 7) is 43.8. The molecule has 3 aromatic heterocycles. The Morgan fingerprint density at radius 2 is 0.890 bits per heavy atom. The second kappa shape index (κ2) is 20.3. The van der Waals surface area contributed by atoms with E-state index in [-0.39, 0.29) is 74.2 Å². The van der Waals surface area contributed by atoms with Crippen LogP contribution in [0.4, 0.5) is 0 Å². The number of aromatic carboxylic acids is 1. The Morgan fingerprint density at radius 1 is 0.562 bits per heavy atom. The number of piperidine rings is 3. The van der Waals surface area contributed by atoms with E-state index in [9.17, 15) is 28.8 Å². The van der Waals surface area contributed by atoms with Crippen LogP contribution in [0, 0.1) is 70.0 Å². The Hall–Kier alpha value is -7.30. The van der Waals surface area contributed by atoms with Gasteiger partial charge in [0.1, 0.15) is 0 Å². The smallest absolute Gasteiger partial charge is 0.338 e. The quantitative estimate of drug-likeness (QED) is 0.263. The van der Waals surface area contributed by atoms with Crippen LogP contribution in [0.3, 0.4) is 0 Å². The van der Waals surface area contributed by atoms with Crippen molar-refractivity contribution in [2.45, 2.75) is 81.6 Å². The van der Waals surface area contributed by atoms with Crippen LogP contribution in [0.2, 0.25) is 0 Å². The van der Waals surface area contributed by atoms with Gasteiger partial charge in [0.15, 0.2) is 17.3 Å². The van der Waals surface area contributed by atoms with Gasteiger partial charge in [-0.1, -0.05) is 80.5 Å². The highest BCUT2D eigenvalue weighted by Gasteiger charge is 2.56. The summed E-state index contributed by atoms with van der Waals surface area (Å²) in [5.74, 6) is -0.569. The standard InChI is InChI=1S/2C18H22N4O2.C13H18N2O.C5H6N2O2/c2*1-17(2)14-6-7-22(16(24)12-9-20-21(5)10-12)11-18(14,3)8-13(19-4)15(17)23;1-12(2)10-5-6-15-8-13(10,3)7-9(14-4)11(12)16;1-7-3-4(2-6-7)5(8)9/h2*8-10,14H,6-7,11H2,1-3,5H3;7,10,15H,5-6,8H2,1-3H3;2-3H,1H3,(H,8,9)/t2*14-,18+;10-,13+;/m100./s1. The molecule has 3 saturated heterocycles. The molecule has 0 aromatic carbocycles. The molecule has 0 bridgehead atoms. The number of aryl methyl sites for hydroxylation is 3. The summed E-state index contributed by atoms with van der Waals surface area (Å²) in [6.07, 6.45) is 17.3. The molecule has 6 atom stereocenters. The number of amides is 2. The minimum absolute atomic E-state index is 0.0203.